The molecular formula is C20H15BrN2O2S. The quantitative estimate of drug-likeness (QED) is 0.489. The molecule has 2 aromatic carbocycles. The molecule has 0 N–H and O–H groups in total. The van der Waals surface area contributed by atoms with E-state index in [2.05, 4.69) is 15.9 Å². The van der Waals surface area contributed by atoms with Gasteiger partial charge in [-0.3, -0.25) is 9.36 Å². The van der Waals surface area contributed by atoms with Crippen LogP contribution in [0.4, 0.5) is 0 Å². The standard InChI is InChI=1S/C20H15BrN2O2S/c1-13-5-7-16(8-6-13)23-19(24)18-17(9-10-26-18)22(20(23)25)12-14-3-2-4-15(21)11-14/h2-11H,12H2,1H3. The summed E-state index contributed by atoms with van der Waals surface area (Å²) in [7, 11) is 0. The van der Waals surface area contributed by atoms with E-state index < -0.39 is 0 Å². The van der Waals surface area contributed by atoms with Crippen molar-refractivity contribution in [2.45, 2.75) is 13.5 Å². The zero-order chi connectivity index (χ0) is 18.3. The van der Waals surface area contributed by atoms with E-state index in [1.165, 1.54) is 15.9 Å². The van der Waals surface area contributed by atoms with Gasteiger partial charge in [0.1, 0.15) is 4.70 Å². The van der Waals surface area contributed by atoms with Crippen LogP contribution in [-0.4, -0.2) is 9.13 Å². The number of nitrogens with zero attached hydrogens (tertiary/aromatic N) is 2. The second-order valence-corrected chi connectivity index (χ2v) is 7.94. The molecule has 4 rings (SSSR count). The first-order chi connectivity index (χ1) is 12.5. The van der Waals surface area contributed by atoms with E-state index in [0.29, 0.717) is 22.4 Å². The Morgan fingerprint density at radius 1 is 1.04 bits per heavy atom. The SMILES string of the molecule is Cc1ccc(-n2c(=O)c3sccc3n(Cc3cccc(Br)c3)c2=O)cc1. The molecular weight excluding hydrogens is 412 g/mol. The van der Waals surface area contributed by atoms with Gasteiger partial charge in [-0.15, -0.1) is 11.3 Å². The normalized spacial score (nSPS) is 11.2. The van der Waals surface area contributed by atoms with Crippen LogP contribution in [0.1, 0.15) is 11.1 Å². The van der Waals surface area contributed by atoms with E-state index in [9.17, 15) is 9.59 Å². The number of aryl methyl sites for hydroxylation is 1. The maximum Gasteiger partial charge on any atom is 0.336 e. The summed E-state index contributed by atoms with van der Waals surface area (Å²) < 4.78 is 4.46. The first-order valence-corrected chi connectivity index (χ1v) is 9.76. The van der Waals surface area contributed by atoms with Crippen molar-refractivity contribution in [1.82, 2.24) is 9.13 Å². The topological polar surface area (TPSA) is 44.0 Å². The van der Waals surface area contributed by atoms with E-state index >= 15 is 0 Å². The van der Waals surface area contributed by atoms with Crippen LogP contribution in [0.25, 0.3) is 15.9 Å². The van der Waals surface area contributed by atoms with Gasteiger partial charge >= 0.3 is 5.69 Å². The van der Waals surface area contributed by atoms with Gasteiger partial charge in [0, 0.05) is 4.47 Å². The molecule has 0 radical (unpaired) electrons. The molecule has 0 aliphatic rings. The summed E-state index contributed by atoms with van der Waals surface area (Å²) in [5.74, 6) is 0. The Morgan fingerprint density at radius 3 is 2.54 bits per heavy atom. The molecule has 2 aromatic heterocycles. The number of benzene rings is 2. The monoisotopic (exact) mass is 426 g/mol. The summed E-state index contributed by atoms with van der Waals surface area (Å²) in [4.78, 5) is 26.1. The minimum Gasteiger partial charge on any atom is -0.288 e. The molecule has 0 spiro atoms. The fourth-order valence-electron chi connectivity index (χ4n) is 2.98. The summed E-state index contributed by atoms with van der Waals surface area (Å²) in [6.45, 7) is 2.37. The lowest BCUT2D eigenvalue weighted by molar-refractivity contribution is 0.716. The van der Waals surface area contributed by atoms with Crippen LogP contribution in [0.15, 0.2) is 74.0 Å². The van der Waals surface area contributed by atoms with E-state index in [1.807, 2.05) is 54.8 Å². The molecule has 6 heteroatoms. The van der Waals surface area contributed by atoms with Crippen molar-refractivity contribution in [3.63, 3.8) is 0 Å². The lowest BCUT2D eigenvalue weighted by atomic mass is 10.2. The molecule has 26 heavy (non-hydrogen) atoms. The highest BCUT2D eigenvalue weighted by molar-refractivity contribution is 9.10. The zero-order valence-electron chi connectivity index (χ0n) is 14.0. The van der Waals surface area contributed by atoms with Crippen molar-refractivity contribution < 1.29 is 0 Å². The van der Waals surface area contributed by atoms with Gasteiger partial charge in [0.25, 0.3) is 5.56 Å². The molecule has 2 heterocycles. The Hall–Kier alpha value is -2.44. The molecule has 4 nitrogen and oxygen atoms in total. The summed E-state index contributed by atoms with van der Waals surface area (Å²) in [6, 6.07) is 17.1. The molecule has 0 saturated heterocycles. The minimum absolute atomic E-state index is 0.269. The number of thiophene rings is 1. The molecule has 130 valence electrons. The average Bonchev–Trinajstić information content (AvgIpc) is 3.10. The number of aromatic nitrogens is 2. The van der Waals surface area contributed by atoms with E-state index in [-0.39, 0.29) is 11.2 Å². The predicted molar refractivity (Wildman–Crippen MR) is 110 cm³/mol. The number of hydrogen-bond donors (Lipinski definition) is 0. The van der Waals surface area contributed by atoms with Gasteiger partial charge < -0.3 is 0 Å². The Bertz CT molecular complexity index is 1220. The smallest absolute Gasteiger partial charge is 0.288 e. The first-order valence-electron chi connectivity index (χ1n) is 8.09. The molecule has 0 fully saturated rings. The van der Waals surface area contributed by atoms with Crippen LogP contribution in [0, 0.1) is 6.92 Å². The molecule has 0 aliphatic heterocycles. The zero-order valence-corrected chi connectivity index (χ0v) is 16.4. The molecule has 0 atom stereocenters. The third-order valence-electron chi connectivity index (χ3n) is 4.28. The van der Waals surface area contributed by atoms with Gasteiger partial charge in [-0.2, -0.15) is 0 Å². The van der Waals surface area contributed by atoms with Crippen molar-refractivity contribution in [3.8, 4) is 5.69 Å². The largest absolute Gasteiger partial charge is 0.336 e. The second kappa shape index (κ2) is 6.70. The third kappa shape index (κ3) is 2.95. The number of rotatable bonds is 3. The van der Waals surface area contributed by atoms with Crippen molar-refractivity contribution in [3.05, 3.63) is 96.4 Å². The second-order valence-electron chi connectivity index (χ2n) is 6.11. The van der Waals surface area contributed by atoms with E-state index in [1.54, 1.807) is 16.7 Å². The van der Waals surface area contributed by atoms with Crippen LogP contribution < -0.4 is 11.2 Å². The predicted octanol–water partition coefficient (Wildman–Crippen LogP) is 4.33. The lowest BCUT2D eigenvalue weighted by Gasteiger charge is -2.13. The molecule has 0 saturated carbocycles. The van der Waals surface area contributed by atoms with Gasteiger partial charge in [-0.05, 0) is 48.2 Å². The fraction of sp³-hybridized carbons (Fsp3) is 0.100. The maximum atomic E-state index is 13.2. The van der Waals surface area contributed by atoms with Crippen LogP contribution in [0.5, 0.6) is 0 Å². The Labute approximate surface area is 162 Å². The Kier molecular flexibility index (Phi) is 4.38. The maximum absolute atomic E-state index is 13.2. The molecule has 0 bridgehead atoms. The van der Waals surface area contributed by atoms with Crippen molar-refractivity contribution in [1.29, 1.82) is 0 Å². The fourth-order valence-corrected chi connectivity index (χ4v) is 4.25. The highest BCUT2D eigenvalue weighted by Gasteiger charge is 2.15. The van der Waals surface area contributed by atoms with E-state index in [0.717, 1.165) is 15.6 Å². The Balaban J connectivity index is 1.98. The Morgan fingerprint density at radius 2 is 1.81 bits per heavy atom. The number of fused-ring (bicyclic) bond motifs is 1. The van der Waals surface area contributed by atoms with Gasteiger partial charge in [-0.1, -0.05) is 45.8 Å². The van der Waals surface area contributed by atoms with Gasteiger partial charge in [0.15, 0.2) is 0 Å². The molecule has 0 aliphatic carbocycles. The highest BCUT2D eigenvalue weighted by Crippen LogP contribution is 2.19. The number of hydrogen-bond acceptors (Lipinski definition) is 3. The van der Waals surface area contributed by atoms with E-state index in [4.69, 9.17) is 0 Å². The average molecular weight is 427 g/mol. The molecule has 0 unspecified atom stereocenters. The highest BCUT2D eigenvalue weighted by atomic mass is 79.9. The lowest BCUT2D eigenvalue weighted by Crippen LogP contribution is -2.38. The molecule has 4 aromatic rings. The van der Waals surface area contributed by atoms with Crippen LogP contribution in [0.3, 0.4) is 0 Å². The minimum atomic E-state index is -0.329. The van der Waals surface area contributed by atoms with Gasteiger partial charge in [0.05, 0.1) is 17.7 Å². The summed E-state index contributed by atoms with van der Waals surface area (Å²) in [5.41, 5.74) is 2.73. The van der Waals surface area contributed by atoms with Crippen LogP contribution in [-0.2, 0) is 6.54 Å². The van der Waals surface area contributed by atoms with Gasteiger partial charge in [-0.25, -0.2) is 9.36 Å². The summed E-state index contributed by atoms with van der Waals surface area (Å²) >= 11 is 4.83. The van der Waals surface area contributed by atoms with Crippen molar-refractivity contribution in [2.75, 3.05) is 0 Å². The number of halogens is 1. The third-order valence-corrected chi connectivity index (χ3v) is 5.66. The molecule has 0 amide bonds. The first kappa shape index (κ1) is 17.0. The summed E-state index contributed by atoms with van der Waals surface area (Å²) in [6.07, 6.45) is 0. The van der Waals surface area contributed by atoms with Crippen LogP contribution in [0.2, 0.25) is 0 Å². The summed E-state index contributed by atoms with van der Waals surface area (Å²) in [5, 5.41) is 1.85. The van der Waals surface area contributed by atoms with Crippen LogP contribution >= 0.6 is 27.3 Å². The van der Waals surface area contributed by atoms with Gasteiger partial charge in [0.2, 0.25) is 0 Å². The van der Waals surface area contributed by atoms with Crippen molar-refractivity contribution >= 4 is 37.5 Å². The van der Waals surface area contributed by atoms with Crippen molar-refractivity contribution in [2.24, 2.45) is 0 Å².